The van der Waals surface area contributed by atoms with Crippen molar-refractivity contribution in [2.24, 2.45) is 0 Å². The number of nitriles is 1. The van der Waals surface area contributed by atoms with Crippen molar-refractivity contribution in [3.05, 3.63) is 62.4 Å². The van der Waals surface area contributed by atoms with Crippen molar-refractivity contribution < 1.29 is 8.78 Å². The summed E-state index contributed by atoms with van der Waals surface area (Å²) >= 11 is 0. The Bertz CT molecular complexity index is 771. The lowest BCUT2D eigenvalue weighted by atomic mass is 10.3. The first-order chi connectivity index (χ1) is 8.54. The van der Waals surface area contributed by atoms with Gasteiger partial charge in [0.25, 0.3) is 5.56 Å². The lowest BCUT2D eigenvalue weighted by molar-refractivity contribution is 0.503. The van der Waals surface area contributed by atoms with Crippen LogP contribution in [0.5, 0.6) is 0 Å². The number of nitrogens with zero attached hydrogens (tertiary/aromatic N) is 2. The first-order valence-electron chi connectivity index (χ1n) is 4.75. The Balaban J connectivity index is 2.81. The molecule has 90 valence electrons. The second-order valence-electron chi connectivity index (χ2n) is 3.36. The van der Waals surface area contributed by atoms with Crippen LogP contribution in [0.15, 0.2) is 34.0 Å². The van der Waals surface area contributed by atoms with Gasteiger partial charge in [-0.25, -0.2) is 13.6 Å². The van der Waals surface area contributed by atoms with Crippen LogP contribution in [0.1, 0.15) is 5.56 Å². The summed E-state index contributed by atoms with van der Waals surface area (Å²) < 4.78 is 27.2. The molecule has 0 atom stereocenters. The summed E-state index contributed by atoms with van der Waals surface area (Å²) in [5.41, 5.74) is -2.59. The molecule has 2 aromatic rings. The Morgan fingerprint density at radius 3 is 2.67 bits per heavy atom. The summed E-state index contributed by atoms with van der Waals surface area (Å²) in [4.78, 5) is 24.5. The van der Waals surface area contributed by atoms with Crippen LogP contribution in [-0.4, -0.2) is 9.55 Å². The zero-order chi connectivity index (χ0) is 13.3. The zero-order valence-corrected chi connectivity index (χ0v) is 8.78. The molecule has 0 aliphatic heterocycles. The summed E-state index contributed by atoms with van der Waals surface area (Å²) in [5.74, 6) is -2.38. The number of nitrogens with one attached hydrogen (secondary N) is 1. The van der Waals surface area contributed by atoms with Crippen LogP contribution in [0.2, 0.25) is 0 Å². The standard InChI is InChI=1S/C11H5F2N3O2/c12-7-2-1-3-8(9(7)13)16-5-6(4-14)10(17)15-11(16)18/h1-3,5H,(H,15,17,18). The van der Waals surface area contributed by atoms with E-state index < -0.39 is 22.9 Å². The molecule has 0 radical (unpaired) electrons. The van der Waals surface area contributed by atoms with Crippen molar-refractivity contribution in [3.63, 3.8) is 0 Å². The van der Waals surface area contributed by atoms with Crippen LogP contribution in [0.4, 0.5) is 8.78 Å². The predicted molar refractivity (Wildman–Crippen MR) is 57.3 cm³/mol. The Morgan fingerprint density at radius 1 is 1.28 bits per heavy atom. The van der Waals surface area contributed by atoms with Crippen molar-refractivity contribution in [2.45, 2.75) is 0 Å². The van der Waals surface area contributed by atoms with Gasteiger partial charge in [-0.1, -0.05) is 6.07 Å². The number of benzene rings is 1. The molecule has 0 aliphatic carbocycles. The largest absolute Gasteiger partial charge is 0.333 e. The maximum atomic E-state index is 13.5. The van der Waals surface area contributed by atoms with E-state index in [0.29, 0.717) is 4.57 Å². The summed E-state index contributed by atoms with van der Waals surface area (Å²) in [6, 6.07) is 4.79. The van der Waals surface area contributed by atoms with Crippen LogP contribution in [0, 0.1) is 23.0 Å². The first kappa shape index (κ1) is 11.7. The minimum absolute atomic E-state index is 0.377. The quantitative estimate of drug-likeness (QED) is 0.806. The Labute approximate surface area is 98.5 Å². The Morgan fingerprint density at radius 2 is 2.00 bits per heavy atom. The van der Waals surface area contributed by atoms with E-state index in [1.807, 2.05) is 4.98 Å². The molecular formula is C11H5F2N3O2. The topological polar surface area (TPSA) is 78.7 Å². The fourth-order valence-corrected chi connectivity index (χ4v) is 1.41. The second kappa shape index (κ2) is 4.25. The monoisotopic (exact) mass is 249 g/mol. The summed E-state index contributed by atoms with van der Waals surface area (Å²) in [5, 5.41) is 8.65. The van der Waals surface area contributed by atoms with E-state index in [1.165, 1.54) is 6.07 Å². The smallest absolute Gasteiger partial charge is 0.273 e. The average Bonchev–Trinajstić information content (AvgIpc) is 2.34. The van der Waals surface area contributed by atoms with Gasteiger partial charge in [0.2, 0.25) is 0 Å². The molecular weight excluding hydrogens is 244 g/mol. The van der Waals surface area contributed by atoms with Gasteiger partial charge in [0.1, 0.15) is 11.6 Å². The van der Waals surface area contributed by atoms with Crippen LogP contribution in [-0.2, 0) is 0 Å². The van der Waals surface area contributed by atoms with Crippen LogP contribution >= 0.6 is 0 Å². The maximum absolute atomic E-state index is 13.5. The summed E-state index contributed by atoms with van der Waals surface area (Å²) in [6.07, 6.45) is 0.860. The fraction of sp³-hybridized carbons (Fsp3) is 0. The summed E-state index contributed by atoms with van der Waals surface area (Å²) in [7, 11) is 0. The zero-order valence-electron chi connectivity index (χ0n) is 8.78. The van der Waals surface area contributed by atoms with E-state index in [4.69, 9.17) is 5.26 Å². The van der Waals surface area contributed by atoms with E-state index in [2.05, 4.69) is 0 Å². The molecule has 0 saturated heterocycles. The number of hydrogen-bond acceptors (Lipinski definition) is 3. The van der Waals surface area contributed by atoms with Crippen molar-refractivity contribution >= 4 is 0 Å². The number of H-pyrrole nitrogens is 1. The lowest BCUT2D eigenvalue weighted by Gasteiger charge is -2.06. The molecule has 1 aromatic heterocycles. The number of hydrogen-bond donors (Lipinski definition) is 1. The van der Waals surface area contributed by atoms with Crippen molar-refractivity contribution in [1.29, 1.82) is 5.26 Å². The van der Waals surface area contributed by atoms with E-state index in [-0.39, 0.29) is 11.3 Å². The van der Waals surface area contributed by atoms with Gasteiger partial charge in [-0.05, 0) is 12.1 Å². The third kappa shape index (κ3) is 1.80. The molecule has 5 nitrogen and oxygen atoms in total. The highest BCUT2D eigenvalue weighted by molar-refractivity contribution is 5.36. The highest BCUT2D eigenvalue weighted by atomic mass is 19.2. The molecule has 18 heavy (non-hydrogen) atoms. The minimum Gasteiger partial charge on any atom is -0.273 e. The third-order valence-corrected chi connectivity index (χ3v) is 2.25. The molecule has 2 rings (SSSR count). The average molecular weight is 249 g/mol. The number of halogens is 2. The number of rotatable bonds is 1. The van der Waals surface area contributed by atoms with Gasteiger partial charge in [-0.2, -0.15) is 5.26 Å². The van der Waals surface area contributed by atoms with Gasteiger partial charge < -0.3 is 0 Å². The normalized spacial score (nSPS) is 10.1. The molecule has 1 N–H and O–H groups in total. The SMILES string of the molecule is N#Cc1cn(-c2cccc(F)c2F)c(=O)[nH]c1=O. The van der Waals surface area contributed by atoms with E-state index in [0.717, 1.165) is 18.3 Å². The van der Waals surface area contributed by atoms with Gasteiger partial charge in [0.15, 0.2) is 11.6 Å². The molecule has 0 spiro atoms. The molecule has 1 aromatic carbocycles. The fourth-order valence-electron chi connectivity index (χ4n) is 1.41. The van der Waals surface area contributed by atoms with Gasteiger partial charge in [-0.15, -0.1) is 0 Å². The molecule has 0 saturated carbocycles. The van der Waals surface area contributed by atoms with E-state index in [9.17, 15) is 18.4 Å². The molecule has 0 fully saturated rings. The van der Waals surface area contributed by atoms with Crippen LogP contribution < -0.4 is 11.2 Å². The van der Waals surface area contributed by atoms with E-state index >= 15 is 0 Å². The van der Waals surface area contributed by atoms with Crippen LogP contribution in [0.25, 0.3) is 5.69 Å². The molecule has 0 bridgehead atoms. The second-order valence-corrected chi connectivity index (χ2v) is 3.36. The van der Waals surface area contributed by atoms with Crippen molar-refractivity contribution in [3.8, 4) is 11.8 Å². The van der Waals surface area contributed by atoms with Crippen LogP contribution in [0.3, 0.4) is 0 Å². The number of aromatic amines is 1. The summed E-state index contributed by atoms with van der Waals surface area (Å²) in [6.45, 7) is 0. The maximum Gasteiger partial charge on any atom is 0.333 e. The molecule has 7 heteroatoms. The van der Waals surface area contributed by atoms with Gasteiger partial charge >= 0.3 is 5.69 Å². The lowest BCUT2D eigenvalue weighted by Crippen LogP contribution is -2.30. The first-order valence-corrected chi connectivity index (χ1v) is 4.75. The van der Waals surface area contributed by atoms with E-state index in [1.54, 1.807) is 6.07 Å². The minimum atomic E-state index is -1.24. The van der Waals surface area contributed by atoms with Gasteiger partial charge in [0, 0.05) is 6.20 Å². The third-order valence-electron chi connectivity index (χ3n) is 2.25. The molecule has 0 amide bonds. The van der Waals surface area contributed by atoms with Gasteiger partial charge in [-0.3, -0.25) is 14.3 Å². The predicted octanol–water partition coefficient (Wildman–Crippen LogP) is 0.676. The van der Waals surface area contributed by atoms with Crippen molar-refractivity contribution in [2.75, 3.05) is 0 Å². The Hall–Kier alpha value is -2.75. The molecule has 0 aliphatic rings. The van der Waals surface area contributed by atoms with Gasteiger partial charge in [0.05, 0.1) is 5.69 Å². The molecule has 1 heterocycles. The highest BCUT2D eigenvalue weighted by Crippen LogP contribution is 2.14. The Kier molecular flexibility index (Phi) is 2.77. The highest BCUT2D eigenvalue weighted by Gasteiger charge is 2.12. The molecule has 0 unspecified atom stereocenters. The van der Waals surface area contributed by atoms with Crippen molar-refractivity contribution in [1.82, 2.24) is 9.55 Å². The number of aromatic nitrogens is 2.